The molecule has 0 fully saturated rings. The van der Waals surface area contributed by atoms with Gasteiger partial charge in [-0.15, -0.1) is 0 Å². The van der Waals surface area contributed by atoms with E-state index in [4.69, 9.17) is 0 Å². The minimum Gasteiger partial charge on any atom is -0.306 e. The van der Waals surface area contributed by atoms with Gasteiger partial charge in [-0.05, 0) is 64.9 Å². The normalized spacial score (nSPS) is 12.4. The molecule has 17 heavy (non-hydrogen) atoms. The van der Waals surface area contributed by atoms with Gasteiger partial charge in [-0.25, -0.2) is 0 Å². The van der Waals surface area contributed by atoms with Crippen LogP contribution in [-0.4, -0.2) is 4.98 Å². The molecule has 1 N–H and O–H groups in total. The zero-order valence-corrected chi connectivity index (χ0v) is 11.9. The summed E-state index contributed by atoms with van der Waals surface area (Å²) >= 11 is 2.32. The van der Waals surface area contributed by atoms with Gasteiger partial charge in [0.15, 0.2) is 0 Å². The first-order valence-electron chi connectivity index (χ1n) is 5.63. The molecule has 0 radical (unpaired) electrons. The highest BCUT2D eigenvalue weighted by atomic mass is 127. The molecule has 0 aliphatic heterocycles. The van der Waals surface area contributed by atoms with Crippen molar-refractivity contribution in [3.63, 3.8) is 0 Å². The Balaban J connectivity index is 1.93. The van der Waals surface area contributed by atoms with Crippen molar-refractivity contribution in [2.45, 2.75) is 19.5 Å². The molecule has 0 saturated heterocycles. The summed E-state index contributed by atoms with van der Waals surface area (Å²) in [6, 6.07) is 13.1. The first-order valence-corrected chi connectivity index (χ1v) is 6.71. The fraction of sp³-hybridized carbons (Fsp3) is 0.214. The van der Waals surface area contributed by atoms with Crippen molar-refractivity contribution in [3.8, 4) is 0 Å². The van der Waals surface area contributed by atoms with Crippen LogP contribution in [0.4, 0.5) is 0 Å². The SMILES string of the molecule is CC(NCc1ccncc1)c1ccc(I)cc1. The highest BCUT2D eigenvalue weighted by molar-refractivity contribution is 14.1. The number of aromatic nitrogens is 1. The summed E-state index contributed by atoms with van der Waals surface area (Å²) in [7, 11) is 0. The second kappa shape index (κ2) is 6.12. The molecule has 3 heteroatoms. The molecule has 0 spiro atoms. The lowest BCUT2D eigenvalue weighted by atomic mass is 10.1. The van der Waals surface area contributed by atoms with E-state index in [1.807, 2.05) is 24.5 Å². The van der Waals surface area contributed by atoms with Crippen molar-refractivity contribution in [2.75, 3.05) is 0 Å². The Labute approximate surface area is 116 Å². The zero-order valence-electron chi connectivity index (χ0n) is 9.73. The number of nitrogens with zero attached hydrogens (tertiary/aromatic N) is 1. The molecule has 2 aromatic rings. The average Bonchev–Trinajstić information content (AvgIpc) is 2.38. The van der Waals surface area contributed by atoms with E-state index in [0.29, 0.717) is 6.04 Å². The fourth-order valence-corrected chi connectivity index (χ4v) is 2.00. The first kappa shape index (κ1) is 12.5. The van der Waals surface area contributed by atoms with E-state index in [0.717, 1.165) is 6.54 Å². The van der Waals surface area contributed by atoms with Crippen LogP contribution in [-0.2, 0) is 6.54 Å². The topological polar surface area (TPSA) is 24.9 Å². The van der Waals surface area contributed by atoms with Crippen LogP contribution in [0, 0.1) is 3.57 Å². The first-order chi connectivity index (χ1) is 8.25. The van der Waals surface area contributed by atoms with E-state index in [2.05, 4.69) is 64.1 Å². The molecule has 1 unspecified atom stereocenters. The van der Waals surface area contributed by atoms with Crippen molar-refractivity contribution in [2.24, 2.45) is 0 Å². The molecular formula is C14H15IN2. The van der Waals surface area contributed by atoms with Crippen molar-refractivity contribution in [3.05, 3.63) is 63.5 Å². The Morgan fingerprint density at radius 2 is 1.76 bits per heavy atom. The van der Waals surface area contributed by atoms with Gasteiger partial charge in [0.25, 0.3) is 0 Å². The molecule has 2 rings (SSSR count). The largest absolute Gasteiger partial charge is 0.306 e. The molecule has 1 atom stereocenters. The van der Waals surface area contributed by atoms with E-state index in [1.165, 1.54) is 14.7 Å². The van der Waals surface area contributed by atoms with Gasteiger partial charge in [-0.3, -0.25) is 4.98 Å². The van der Waals surface area contributed by atoms with Gasteiger partial charge >= 0.3 is 0 Å². The third kappa shape index (κ3) is 3.78. The third-order valence-electron chi connectivity index (χ3n) is 2.73. The van der Waals surface area contributed by atoms with Crippen molar-refractivity contribution < 1.29 is 0 Å². The fourth-order valence-electron chi connectivity index (χ4n) is 1.64. The lowest BCUT2D eigenvalue weighted by Gasteiger charge is -2.14. The van der Waals surface area contributed by atoms with Crippen LogP contribution in [0.3, 0.4) is 0 Å². The van der Waals surface area contributed by atoms with Gasteiger partial charge in [-0.2, -0.15) is 0 Å². The maximum Gasteiger partial charge on any atom is 0.0294 e. The maximum absolute atomic E-state index is 4.01. The quantitative estimate of drug-likeness (QED) is 0.863. The Bertz CT molecular complexity index is 453. The van der Waals surface area contributed by atoms with Gasteiger partial charge in [0.05, 0.1) is 0 Å². The Hall–Kier alpha value is -0.940. The van der Waals surface area contributed by atoms with Crippen molar-refractivity contribution in [1.82, 2.24) is 10.3 Å². The molecule has 0 amide bonds. The highest BCUT2D eigenvalue weighted by Gasteiger charge is 2.04. The van der Waals surface area contributed by atoms with Gasteiger partial charge < -0.3 is 5.32 Å². The third-order valence-corrected chi connectivity index (χ3v) is 3.45. The lowest BCUT2D eigenvalue weighted by molar-refractivity contribution is 0.574. The summed E-state index contributed by atoms with van der Waals surface area (Å²) in [6.07, 6.45) is 3.65. The standard InChI is InChI=1S/C14H15IN2/c1-11(13-2-4-14(15)5-3-13)17-10-12-6-8-16-9-7-12/h2-9,11,17H,10H2,1H3. The van der Waals surface area contributed by atoms with Crippen LogP contribution in [0.25, 0.3) is 0 Å². The summed E-state index contributed by atoms with van der Waals surface area (Å²) in [5.74, 6) is 0. The number of benzene rings is 1. The number of rotatable bonds is 4. The molecule has 0 saturated carbocycles. The van der Waals surface area contributed by atoms with E-state index in [9.17, 15) is 0 Å². The van der Waals surface area contributed by atoms with Crippen LogP contribution < -0.4 is 5.32 Å². The Morgan fingerprint density at radius 3 is 2.41 bits per heavy atom. The van der Waals surface area contributed by atoms with Crippen molar-refractivity contribution in [1.29, 1.82) is 0 Å². The van der Waals surface area contributed by atoms with E-state index >= 15 is 0 Å². The van der Waals surface area contributed by atoms with Crippen LogP contribution in [0.15, 0.2) is 48.8 Å². The van der Waals surface area contributed by atoms with Gasteiger partial charge in [0, 0.05) is 28.6 Å². The molecule has 1 aromatic carbocycles. The summed E-state index contributed by atoms with van der Waals surface area (Å²) in [6.45, 7) is 3.05. The number of hydrogen-bond acceptors (Lipinski definition) is 2. The number of pyridine rings is 1. The zero-order chi connectivity index (χ0) is 12.1. The predicted molar refractivity (Wildman–Crippen MR) is 78.7 cm³/mol. The second-order valence-electron chi connectivity index (χ2n) is 4.01. The molecule has 1 heterocycles. The minimum atomic E-state index is 0.361. The van der Waals surface area contributed by atoms with E-state index in [-0.39, 0.29) is 0 Å². The molecule has 0 aliphatic carbocycles. The average molecular weight is 338 g/mol. The smallest absolute Gasteiger partial charge is 0.0294 e. The molecule has 1 aromatic heterocycles. The molecule has 2 nitrogen and oxygen atoms in total. The maximum atomic E-state index is 4.01. The van der Waals surface area contributed by atoms with Gasteiger partial charge in [-0.1, -0.05) is 12.1 Å². The van der Waals surface area contributed by atoms with Crippen LogP contribution >= 0.6 is 22.6 Å². The van der Waals surface area contributed by atoms with Crippen LogP contribution in [0.1, 0.15) is 24.1 Å². The monoisotopic (exact) mass is 338 g/mol. The van der Waals surface area contributed by atoms with Gasteiger partial charge in [0.1, 0.15) is 0 Å². The minimum absolute atomic E-state index is 0.361. The number of halogens is 1. The lowest BCUT2D eigenvalue weighted by Crippen LogP contribution is -2.17. The molecular weight excluding hydrogens is 323 g/mol. The Kier molecular flexibility index (Phi) is 4.50. The van der Waals surface area contributed by atoms with Gasteiger partial charge in [0.2, 0.25) is 0 Å². The predicted octanol–water partition coefficient (Wildman–Crippen LogP) is 3.54. The number of nitrogens with one attached hydrogen (secondary N) is 1. The summed E-state index contributed by atoms with van der Waals surface area (Å²) in [4.78, 5) is 4.01. The summed E-state index contributed by atoms with van der Waals surface area (Å²) in [5, 5.41) is 3.50. The molecule has 0 bridgehead atoms. The van der Waals surface area contributed by atoms with Crippen LogP contribution in [0.5, 0.6) is 0 Å². The number of hydrogen-bond donors (Lipinski definition) is 1. The van der Waals surface area contributed by atoms with Crippen molar-refractivity contribution >= 4 is 22.6 Å². The molecule has 0 aliphatic rings. The van der Waals surface area contributed by atoms with E-state index in [1.54, 1.807) is 0 Å². The Morgan fingerprint density at radius 1 is 1.12 bits per heavy atom. The summed E-state index contributed by atoms with van der Waals surface area (Å²) < 4.78 is 1.27. The molecule has 88 valence electrons. The van der Waals surface area contributed by atoms with E-state index < -0.39 is 0 Å². The second-order valence-corrected chi connectivity index (χ2v) is 5.26. The summed E-state index contributed by atoms with van der Waals surface area (Å²) in [5.41, 5.74) is 2.58. The highest BCUT2D eigenvalue weighted by Crippen LogP contribution is 2.14. The van der Waals surface area contributed by atoms with Crippen LogP contribution in [0.2, 0.25) is 0 Å².